The number of hydrogen-bond donors (Lipinski definition) is 0. The summed E-state index contributed by atoms with van der Waals surface area (Å²) < 4.78 is 112. The number of halogens is 8. The molecule has 0 aromatic rings. The smallest absolute Gasteiger partial charge is 0.381 e. The fourth-order valence-corrected chi connectivity index (χ4v) is 4.69. The molecule has 0 aromatic heterocycles. The average molecular weight is 655 g/mol. The minimum atomic E-state index is -6.40. The van der Waals surface area contributed by atoms with Crippen molar-refractivity contribution in [2.45, 2.75) is 179 Å². The van der Waals surface area contributed by atoms with Crippen molar-refractivity contribution in [3.05, 3.63) is 0 Å². The molecular weight excluding hydrogens is 600 g/mol. The van der Waals surface area contributed by atoms with Crippen molar-refractivity contribution in [2.24, 2.45) is 0 Å². The van der Waals surface area contributed by atoms with E-state index in [0.717, 1.165) is 32.1 Å². The number of alkyl halides is 8. The van der Waals surface area contributed by atoms with Crippen molar-refractivity contribution >= 4 is 11.9 Å². The van der Waals surface area contributed by atoms with Gasteiger partial charge in [-0.05, 0) is 19.3 Å². The molecule has 0 aromatic carbocycles. The van der Waals surface area contributed by atoms with Crippen LogP contribution in [-0.2, 0) is 19.1 Å². The van der Waals surface area contributed by atoms with E-state index in [1.54, 1.807) is 0 Å². The van der Waals surface area contributed by atoms with E-state index in [2.05, 4.69) is 11.7 Å². The minimum absolute atomic E-state index is 0.176. The fraction of sp³-hybridized carbons (Fsp3) is 0.938. The summed E-state index contributed by atoms with van der Waals surface area (Å²) in [5.41, 5.74) is 0. The molecule has 0 saturated carbocycles. The zero-order valence-electron chi connectivity index (χ0n) is 26.4. The summed E-state index contributed by atoms with van der Waals surface area (Å²) in [6.45, 7) is 0.226. The van der Waals surface area contributed by atoms with Crippen LogP contribution in [0.1, 0.15) is 155 Å². The molecular formula is C32H54F8O4. The Bertz CT molecular complexity index is 735. The lowest BCUT2D eigenvalue weighted by molar-refractivity contribution is -0.344. The van der Waals surface area contributed by atoms with Crippen molar-refractivity contribution in [2.75, 3.05) is 13.2 Å². The van der Waals surface area contributed by atoms with Crippen LogP contribution in [0.15, 0.2) is 0 Å². The predicted molar refractivity (Wildman–Crippen MR) is 155 cm³/mol. The van der Waals surface area contributed by atoms with Crippen LogP contribution in [0.4, 0.5) is 35.1 Å². The molecule has 0 unspecified atom stereocenters. The first-order valence-corrected chi connectivity index (χ1v) is 16.5. The van der Waals surface area contributed by atoms with Gasteiger partial charge in [0, 0.05) is 12.8 Å². The van der Waals surface area contributed by atoms with Crippen LogP contribution in [0.25, 0.3) is 0 Å². The lowest BCUT2D eigenvalue weighted by Gasteiger charge is -2.31. The Morgan fingerprint density at radius 3 is 1.25 bits per heavy atom. The van der Waals surface area contributed by atoms with Gasteiger partial charge < -0.3 is 9.47 Å². The van der Waals surface area contributed by atoms with Gasteiger partial charge in [0.2, 0.25) is 0 Å². The number of rotatable bonds is 30. The van der Waals surface area contributed by atoms with Crippen LogP contribution in [0.2, 0.25) is 0 Å². The third-order valence-corrected chi connectivity index (χ3v) is 7.59. The molecule has 0 aliphatic rings. The monoisotopic (exact) mass is 654 g/mol. The highest BCUT2D eigenvalue weighted by atomic mass is 19.4. The minimum Gasteiger partial charge on any atom is -0.466 e. The molecule has 12 heteroatoms. The lowest BCUT2D eigenvalue weighted by atomic mass is 10.0. The quantitative estimate of drug-likeness (QED) is 0.0439. The molecule has 4 nitrogen and oxygen atoms in total. The molecule has 44 heavy (non-hydrogen) atoms. The largest absolute Gasteiger partial charge is 0.466 e. The first kappa shape index (κ1) is 42.4. The van der Waals surface area contributed by atoms with E-state index in [4.69, 9.17) is 4.74 Å². The van der Waals surface area contributed by atoms with Gasteiger partial charge in [-0.15, -0.1) is 0 Å². The summed E-state index contributed by atoms with van der Waals surface area (Å²) in [6.07, 6.45) is 17.2. The first-order valence-electron chi connectivity index (χ1n) is 16.5. The summed E-state index contributed by atoms with van der Waals surface area (Å²) in [7, 11) is 0. The van der Waals surface area contributed by atoms with Crippen LogP contribution in [-0.4, -0.2) is 49.3 Å². The Kier molecular flexibility index (Phi) is 23.7. The van der Waals surface area contributed by atoms with Gasteiger partial charge in [-0.25, -0.2) is 8.78 Å². The number of ether oxygens (including phenoxy) is 2. The van der Waals surface area contributed by atoms with Crippen molar-refractivity contribution in [1.29, 1.82) is 0 Å². The lowest BCUT2D eigenvalue weighted by Crippen LogP contribution is -2.59. The Labute approximate surface area is 258 Å². The van der Waals surface area contributed by atoms with E-state index in [1.807, 2.05) is 0 Å². The van der Waals surface area contributed by atoms with Gasteiger partial charge in [0.1, 0.15) is 0 Å². The zero-order valence-corrected chi connectivity index (χ0v) is 26.4. The Morgan fingerprint density at radius 1 is 0.523 bits per heavy atom. The average Bonchev–Trinajstić information content (AvgIpc) is 2.96. The van der Waals surface area contributed by atoms with Gasteiger partial charge in [-0.2, -0.15) is 26.3 Å². The van der Waals surface area contributed by atoms with E-state index in [1.165, 1.54) is 77.0 Å². The molecule has 0 heterocycles. The third-order valence-electron chi connectivity index (χ3n) is 7.59. The maximum Gasteiger partial charge on any atom is 0.381 e. The maximum atomic E-state index is 13.4. The molecule has 0 atom stereocenters. The predicted octanol–water partition coefficient (Wildman–Crippen LogP) is 11.2. The van der Waals surface area contributed by atoms with Crippen molar-refractivity contribution in [1.82, 2.24) is 0 Å². The first-order chi connectivity index (χ1) is 20.8. The van der Waals surface area contributed by atoms with Crippen LogP contribution < -0.4 is 0 Å². The zero-order chi connectivity index (χ0) is 33.3. The highest BCUT2D eigenvalue weighted by Crippen LogP contribution is 2.48. The molecule has 0 bridgehead atoms. The Balaban J connectivity index is 3.60. The van der Waals surface area contributed by atoms with Gasteiger partial charge in [-0.1, -0.05) is 122 Å². The van der Waals surface area contributed by atoms with Gasteiger partial charge >= 0.3 is 36.1 Å². The van der Waals surface area contributed by atoms with Gasteiger partial charge in [-0.3, -0.25) is 9.59 Å². The number of carbonyl (C=O) groups is 2. The van der Waals surface area contributed by atoms with Crippen LogP contribution in [0.3, 0.4) is 0 Å². The fourth-order valence-electron chi connectivity index (χ4n) is 4.69. The maximum absolute atomic E-state index is 13.4. The van der Waals surface area contributed by atoms with Crippen molar-refractivity contribution in [3.8, 4) is 0 Å². The highest BCUT2D eigenvalue weighted by Gasteiger charge is 2.75. The van der Waals surface area contributed by atoms with Crippen LogP contribution >= 0.6 is 0 Å². The molecule has 262 valence electrons. The molecule has 0 aliphatic heterocycles. The summed E-state index contributed by atoms with van der Waals surface area (Å²) in [5.74, 6) is -19.9. The summed E-state index contributed by atoms with van der Waals surface area (Å²) in [6, 6.07) is 0. The van der Waals surface area contributed by atoms with E-state index >= 15 is 0 Å². The van der Waals surface area contributed by atoms with E-state index in [0.29, 0.717) is 32.3 Å². The van der Waals surface area contributed by atoms with E-state index in [-0.39, 0.29) is 12.4 Å². The summed E-state index contributed by atoms with van der Waals surface area (Å²) in [4.78, 5) is 23.3. The molecule has 0 N–H and O–H groups in total. The Morgan fingerprint density at radius 2 is 0.864 bits per heavy atom. The summed E-state index contributed by atoms with van der Waals surface area (Å²) in [5, 5.41) is 0. The third kappa shape index (κ3) is 19.0. The van der Waals surface area contributed by atoms with E-state index < -0.39 is 43.2 Å². The number of unbranched alkanes of at least 4 members (excludes halogenated alkanes) is 19. The SMILES string of the molecule is CCCCCCCCCCCCCCCCCOC(=O)CCCCCCCCC(=O)OCC(F)(F)C(F)(F)C(F)(F)C(F)F. The molecule has 0 aliphatic carbocycles. The molecule has 0 amide bonds. The van der Waals surface area contributed by atoms with Gasteiger partial charge in [0.05, 0.1) is 6.61 Å². The van der Waals surface area contributed by atoms with Crippen LogP contribution in [0, 0.1) is 0 Å². The molecule has 0 spiro atoms. The molecule has 0 fully saturated rings. The normalized spacial score (nSPS) is 12.6. The Hall–Kier alpha value is -1.62. The van der Waals surface area contributed by atoms with Gasteiger partial charge in [0.25, 0.3) is 0 Å². The second-order valence-electron chi connectivity index (χ2n) is 11.7. The van der Waals surface area contributed by atoms with Gasteiger partial charge in [0.15, 0.2) is 6.61 Å². The topological polar surface area (TPSA) is 52.6 Å². The number of esters is 2. The van der Waals surface area contributed by atoms with Crippen molar-refractivity contribution < 1.29 is 54.2 Å². The number of carbonyl (C=O) groups excluding carboxylic acids is 2. The second kappa shape index (κ2) is 24.6. The standard InChI is InChI=1S/C32H54F8O4/c1-2-3-4-5-6-7-8-9-10-11-12-13-16-19-22-25-43-27(41)23-20-17-14-15-18-21-24-28(42)44-26-30(35,36)32(39,40)31(37,38)29(33)34/h29H,2-26H2,1H3. The molecule has 0 rings (SSSR count). The summed E-state index contributed by atoms with van der Waals surface area (Å²) >= 11 is 0. The van der Waals surface area contributed by atoms with Crippen LogP contribution in [0.5, 0.6) is 0 Å². The molecule has 0 radical (unpaired) electrons. The molecule has 0 saturated heterocycles. The van der Waals surface area contributed by atoms with E-state index in [9.17, 15) is 44.7 Å². The van der Waals surface area contributed by atoms with Crippen molar-refractivity contribution in [3.63, 3.8) is 0 Å². The highest BCUT2D eigenvalue weighted by molar-refractivity contribution is 5.69. The second-order valence-corrected chi connectivity index (χ2v) is 11.7. The number of hydrogen-bond acceptors (Lipinski definition) is 4.